The Morgan fingerprint density at radius 3 is 2.86 bits per heavy atom. The van der Waals surface area contributed by atoms with E-state index in [1.807, 2.05) is 17.9 Å². The van der Waals surface area contributed by atoms with Crippen LogP contribution >= 0.6 is 11.6 Å². The number of nitrogens with zero attached hydrogens (tertiary/aromatic N) is 1. The minimum atomic E-state index is -0.682. The molecule has 2 aliphatic rings. The van der Waals surface area contributed by atoms with E-state index in [4.69, 9.17) is 17.3 Å². The zero-order valence-corrected chi connectivity index (χ0v) is 12.4. The SMILES string of the molecule is CCC1C(=O)NCCN1c1cc2c(cc1Cl)C(N)C(=O)N2. The number of hydrogen-bond acceptors (Lipinski definition) is 4. The topological polar surface area (TPSA) is 87.5 Å². The van der Waals surface area contributed by atoms with Crippen LogP contribution in [-0.4, -0.2) is 30.9 Å². The summed E-state index contributed by atoms with van der Waals surface area (Å²) in [6.45, 7) is 3.22. The lowest BCUT2D eigenvalue weighted by Gasteiger charge is -2.37. The second-order valence-corrected chi connectivity index (χ2v) is 5.67. The van der Waals surface area contributed by atoms with Gasteiger partial charge in [-0.3, -0.25) is 9.59 Å². The molecule has 2 heterocycles. The minimum absolute atomic E-state index is 0.000974. The van der Waals surface area contributed by atoms with Gasteiger partial charge in [0.1, 0.15) is 12.1 Å². The average Bonchev–Trinajstić information content (AvgIpc) is 2.73. The lowest BCUT2D eigenvalue weighted by molar-refractivity contribution is -0.123. The summed E-state index contributed by atoms with van der Waals surface area (Å²) in [6.07, 6.45) is 0.686. The highest BCUT2D eigenvalue weighted by atomic mass is 35.5. The predicted molar refractivity (Wildman–Crippen MR) is 81.4 cm³/mol. The summed E-state index contributed by atoms with van der Waals surface area (Å²) in [5, 5.41) is 6.11. The van der Waals surface area contributed by atoms with Gasteiger partial charge in [0.2, 0.25) is 11.8 Å². The molecule has 4 N–H and O–H groups in total. The van der Waals surface area contributed by atoms with Gasteiger partial charge in [-0.15, -0.1) is 0 Å². The number of hydrogen-bond donors (Lipinski definition) is 3. The second-order valence-electron chi connectivity index (χ2n) is 5.27. The third-order valence-electron chi connectivity index (χ3n) is 4.02. The minimum Gasteiger partial charge on any atom is -0.356 e. The Labute approximate surface area is 127 Å². The van der Waals surface area contributed by atoms with Crippen LogP contribution in [0.5, 0.6) is 0 Å². The number of nitrogens with one attached hydrogen (secondary N) is 2. The molecular weight excluding hydrogens is 292 g/mol. The van der Waals surface area contributed by atoms with Crippen LogP contribution in [0, 0.1) is 0 Å². The lowest BCUT2D eigenvalue weighted by atomic mass is 10.0. The quantitative estimate of drug-likeness (QED) is 0.761. The van der Waals surface area contributed by atoms with E-state index in [0.29, 0.717) is 35.8 Å². The van der Waals surface area contributed by atoms with Crippen molar-refractivity contribution in [3.8, 4) is 0 Å². The molecule has 2 unspecified atom stereocenters. The van der Waals surface area contributed by atoms with Gasteiger partial charge < -0.3 is 21.3 Å². The van der Waals surface area contributed by atoms with Crippen LogP contribution in [0.4, 0.5) is 11.4 Å². The number of anilines is 2. The standard InChI is InChI=1S/C14H17ClN4O2/c1-2-10-13(20)17-3-4-19(10)11-6-9-7(5-8(11)15)12(16)14(21)18-9/h5-6,10,12H,2-4,16H2,1H3,(H,17,20)(H,18,21). The Kier molecular flexibility index (Phi) is 3.51. The number of carbonyl (C=O) groups is 2. The fraction of sp³-hybridized carbons (Fsp3) is 0.429. The van der Waals surface area contributed by atoms with E-state index in [1.165, 1.54) is 0 Å². The second kappa shape index (κ2) is 5.20. The Balaban J connectivity index is 2.01. The molecule has 1 saturated heterocycles. The van der Waals surface area contributed by atoms with Crippen molar-refractivity contribution in [1.82, 2.24) is 5.32 Å². The number of carbonyl (C=O) groups excluding carboxylic acids is 2. The Morgan fingerprint density at radius 1 is 1.38 bits per heavy atom. The van der Waals surface area contributed by atoms with Crippen molar-refractivity contribution in [3.05, 3.63) is 22.7 Å². The molecule has 1 aromatic carbocycles. The van der Waals surface area contributed by atoms with E-state index >= 15 is 0 Å². The van der Waals surface area contributed by atoms with E-state index < -0.39 is 6.04 Å². The zero-order valence-electron chi connectivity index (χ0n) is 11.6. The summed E-state index contributed by atoms with van der Waals surface area (Å²) in [5.74, 6) is -0.234. The normalized spacial score (nSPS) is 24.6. The number of fused-ring (bicyclic) bond motifs is 1. The average molecular weight is 309 g/mol. The summed E-state index contributed by atoms with van der Waals surface area (Å²) < 4.78 is 0. The fourth-order valence-electron chi connectivity index (χ4n) is 2.92. The van der Waals surface area contributed by atoms with Crippen LogP contribution in [-0.2, 0) is 9.59 Å². The summed E-state index contributed by atoms with van der Waals surface area (Å²) in [5.41, 5.74) is 7.94. The van der Waals surface area contributed by atoms with Crippen molar-refractivity contribution in [3.63, 3.8) is 0 Å². The molecule has 0 saturated carbocycles. The number of halogens is 1. The molecule has 0 spiro atoms. The van der Waals surface area contributed by atoms with Gasteiger partial charge in [0.25, 0.3) is 0 Å². The van der Waals surface area contributed by atoms with Crippen molar-refractivity contribution >= 4 is 34.8 Å². The maximum Gasteiger partial charge on any atom is 0.245 e. The van der Waals surface area contributed by atoms with Crippen molar-refractivity contribution in [2.24, 2.45) is 5.73 Å². The first kappa shape index (κ1) is 14.2. The molecule has 112 valence electrons. The van der Waals surface area contributed by atoms with Gasteiger partial charge in [-0.25, -0.2) is 0 Å². The molecule has 3 rings (SSSR count). The van der Waals surface area contributed by atoms with Crippen LogP contribution in [0.3, 0.4) is 0 Å². The first-order chi connectivity index (χ1) is 10.0. The molecule has 0 bridgehead atoms. The maximum absolute atomic E-state index is 12.0. The highest BCUT2D eigenvalue weighted by Gasteiger charge is 2.33. The number of benzene rings is 1. The Bertz CT molecular complexity index is 619. The van der Waals surface area contributed by atoms with Gasteiger partial charge in [0.05, 0.1) is 10.7 Å². The largest absolute Gasteiger partial charge is 0.356 e. The van der Waals surface area contributed by atoms with Crippen LogP contribution in [0.15, 0.2) is 12.1 Å². The molecule has 1 aromatic rings. The van der Waals surface area contributed by atoms with Crippen LogP contribution < -0.4 is 21.3 Å². The smallest absolute Gasteiger partial charge is 0.245 e. The first-order valence-electron chi connectivity index (χ1n) is 6.97. The van der Waals surface area contributed by atoms with Gasteiger partial charge in [-0.1, -0.05) is 18.5 Å². The third kappa shape index (κ3) is 2.24. The lowest BCUT2D eigenvalue weighted by Crippen LogP contribution is -2.55. The van der Waals surface area contributed by atoms with Gasteiger partial charge in [0.15, 0.2) is 0 Å². The molecule has 6 nitrogen and oxygen atoms in total. The highest BCUT2D eigenvalue weighted by molar-refractivity contribution is 6.33. The van der Waals surface area contributed by atoms with Gasteiger partial charge in [-0.2, -0.15) is 0 Å². The molecule has 0 aromatic heterocycles. The fourth-order valence-corrected chi connectivity index (χ4v) is 3.20. The number of amides is 2. The van der Waals surface area contributed by atoms with E-state index in [1.54, 1.807) is 6.07 Å². The number of rotatable bonds is 2. The van der Waals surface area contributed by atoms with Crippen LogP contribution in [0.2, 0.25) is 5.02 Å². The van der Waals surface area contributed by atoms with Crippen molar-refractivity contribution < 1.29 is 9.59 Å². The monoisotopic (exact) mass is 308 g/mol. The van der Waals surface area contributed by atoms with Crippen molar-refractivity contribution in [1.29, 1.82) is 0 Å². The van der Waals surface area contributed by atoms with Gasteiger partial charge >= 0.3 is 0 Å². The molecule has 1 fully saturated rings. The number of nitrogens with two attached hydrogens (primary N) is 1. The molecular formula is C14H17ClN4O2. The summed E-state index contributed by atoms with van der Waals surface area (Å²) in [6, 6.07) is 2.59. The van der Waals surface area contributed by atoms with Gasteiger partial charge in [0, 0.05) is 24.3 Å². The summed E-state index contributed by atoms with van der Waals surface area (Å²) in [4.78, 5) is 25.6. The molecule has 2 amide bonds. The highest BCUT2D eigenvalue weighted by Crippen LogP contribution is 2.39. The van der Waals surface area contributed by atoms with Gasteiger partial charge in [-0.05, 0) is 18.6 Å². The third-order valence-corrected chi connectivity index (χ3v) is 4.32. The molecule has 0 radical (unpaired) electrons. The summed E-state index contributed by atoms with van der Waals surface area (Å²) >= 11 is 6.36. The van der Waals surface area contributed by atoms with Crippen molar-refractivity contribution in [2.45, 2.75) is 25.4 Å². The first-order valence-corrected chi connectivity index (χ1v) is 7.35. The zero-order chi connectivity index (χ0) is 15.1. The molecule has 7 heteroatoms. The Hall–Kier alpha value is -1.79. The summed E-state index contributed by atoms with van der Waals surface area (Å²) in [7, 11) is 0. The Morgan fingerprint density at radius 2 is 2.14 bits per heavy atom. The van der Waals surface area contributed by atoms with E-state index in [0.717, 1.165) is 5.69 Å². The molecule has 21 heavy (non-hydrogen) atoms. The molecule has 2 atom stereocenters. The maximum atomic E-state index is 12.0. The van der Waals surface area contributed by atoms with Crippen LogP contribution in [0.25, 0.3) is 0 Å². The predicted octanol–water partition coefficient (Wildman–Crippen LogP) is 1.01. The number of piperazine rings is 1. The molecule has 0 aliphatic carbocycles. The van der Waals surface area contributed by atoms with E-state index in [9.17, 15) is 9.59 Å². The van der Waals surface area contributed by atoms with Crippen LogP contribution in [0.1, 0.15) is 24.9 Å². The van der Waals surface area contributed by atoms with E-state index in [-0.39, 0.29) is 17.9 Å². The molecule has 2 aliphatic heterocycles. The van der Waals surface area contributed by atoms with E-state index in [2.05, 4.69) is 10.6 Å². The van der Waals surface area contributed by atoms with Crippen molar-refractivity contribution in [2.75, 3.05) is 23.3 Å².